The molecule has 4 nitrogen and oxygen atoms in total. The third kappa shape index (κ3) is 3.10. The van der Waals surface area contributed by atoms with Crippen molar-refractivity contribution in [2.45, 2.75) is 11.4 Å². The maximum atomic E-state index is 12.4. The fourth-order valence-corrected chi connectivity index (χ4v) is 3.29. The van der Waals surface area contributed by atoms with Gasteiger partial charge in [-0.3, -0.25) is 0 Å². The van der Waals surface area contributed by atoms with Crippen LogP contribution in [0.2, 0.25) is 0 Å². The Morgan fingerprint density at radius 3 is 2.32 bits per heavy atom. The van der Waals surface area contributed by atoms with Crippen molar-refractivity contribution in [2.24, 2.45) is 0 Å². The molecule has 3 aromatic carbocycles. The second-order valence-corrected chi connectivity index (χ2v) is 6.77. The van der Waals surface area contributed by atoms with E-state index in [9.17, 15) is 13.5 Å². The first-order chi connectivity index (χ1) is 10.5. The second-order valence-electron chi connectivity index (χ2n) is 5.00. The molecule has 3 aromatic rings. The van der Waals surface area contributed by atoms with Crippen molar-refractivity contribution in [1.29, 1.82) is 0 Å². The summed E-state index contributed by atoms with van der Waals surface area (Å²) in [5.74, 6) is 0.158. The van der Waals surface area contributed by atoms with Crippen molar-refractivity contribution >= 4 is 20.8 Å². The van der Waals surface area contributed by atoms with Crippen LogP contribution in [0.3, 0.4) is 0 Å². The number of nitrogens with one attached hydrogen (secondary N) is 1. The predicted octanol–water partition coefficient (Wildman–Crippen LogP) is 3.02. The fraction of sp³-hybridized carbons (Fsp3) is 0.0588. The summed E-state index contributed by atoms with van der Waals surface area (Å²) in [6, 6.07) is 19.0. The molecule has 5 heteroatoms. The minimum atomic E-state index is -3.57. The quantitative estimate of drug-likeness (QED) is 0.778. The van der Waals surface area contributed by atoms with Crippen LogP contribution >= 0.6 is 0 Å². The Morgan fingerprint density at radius 2 is 1.55 bits per heavy atom. The third-order valence-electron chi connectivity index (χ3n) is 3.41. The standard InChI is InChI=1S/C17H15NO3S/c19-16-8-6-15-11-17(9-7-14(15)10-16)22(20,21)18-12-13-4-2-1-3-5-13/h1-11,18-19H,12H2. The van der Waals surface area contributed by atoms with Gasteiger partial charge in [-0.25, -0.2) is 13.1 Å². The molecule has 22 heavy (non-hydrogen) atoms. The van der Waals surface area contributed by atoms with Crippen molar-refractivity contribution in [3.8, 4) is 5.75 Å². The van der Waals surface area contributed by atoms with Crippen LogP contribution in [0.15, 0.2) is 71.6 Å². The average molecular weight is 313 g/mol. The lowest BCUT2D eigenvalue weighted by Crippen LogP contribution is -2.23. The Kier molecular flexibility index (Phi) is 3.83. The smallest absolute Gasteiger partial charge is 0.240 e. The molecule has 0 aromatic heterocycles. The van der Waals surface area contributed by atoms with Gasteiger partial charge in [0.1, 0.15) is 5.75 Å². The Balaban J connectivity index is 1.87. The number of hydrogen-bond acceptors (Lipinski definition) is 3. The lowest BCUT2D eigenvalue weighted by atomic mass is 10.1. The highest BCUT2D eigenvalue weighted by Crippen LogP contribution is 2.23. The highest BCUT2D eigenvalue weighted by Gasteiger charge is 2.14. The predicted molar refractivity (Wildman–Crippen MR) is 86.1 cm³/mol. The van der Waals surface area contributed by atoms with E-state index in [2.05, 4.69) is 4.72 Å². The molecule has 0 aliphatic carbocycles. The molecule has 0 atom stereocenters. The van der Waals surface area contributed by atoms with E-state index in [1.165, 1.54) is 12.1 Å². The van der Waals surface area contributed by atoms with Crippen molar-refractivity contribution in [3.05, 3.63) is 72.3 Å². The summed E-state index contributed by atoms with van der Waals surface area (Å²) in [6.45, 7) is 0.247. The zero-order chi connectivity index (χ0) is 15.6. The van der Waals surface area contributed by atoms with Gasteiger partial charge in [-0.1, -0.05) is 42.5 Å². The van der Waals surface area contributed by atoms with Crippen LogP contribution in [0.1, 0.15) is 5.56 Å². The first-order valence-electron chi connectivity index (χ1n) is 6.81. The van der Waals surface area contributed by atoms with Crippen LogP contribution in [0.4, 0.5) is 0 Å². The summed E-state index contributed by atoms with van der Waals surface area (Å²) in [6.07, 6.45) is 0. The van der Waals surface area contributed by atoms with Gasteiger partial charge in [-0.05, 0) is 40.6 Å². The van der Waals surface area contributed by atoms with E-state index in [-0.39, 0.29) is 17.2 Å². The van der Waals surface area contributed by atoms with Crippen LogP contribution in [-0.2, 0) is 16.6 Å². The largest absolute Gasteiger partial charge is 0.508 e. The van der Waals surface area contributed by atoms with Gasteiger partial charge in [-0.2, -0.15) is 0 Å². The Morgan fingerprint density at radius 1 is 0.864 bits per heavy atom. The number of fused-ring (bicyclic) bond motifs is 1. The van der Waals surface area contributed by atoms with Crippen molar-refractivity contribution in [1.82, 2.24) is 4.72 Å². The van der Waals surface area contributed by atoms with Crippen LogP contribution in [0, 0.1) is 0 Å². The molecule has 2 N–H and O–H groups in total. The SMILES string of the molecule is O=S(=O)(NCc1ccccc1)c1ccc2cc(O)ccc2c1. The van der Waals surface area contributed by atoms with Crippen LogP contribution in [0.25, 0.3) is 10.8 Å². The molecular formula is C17H15NO3S. The van der Waals surface area contributed by atoms with Gasteiger partial charge in [0, 0.05) is 6.54 Å². The van der Waals surface area contributed by atoms with Gasteiger partial charge in [0.05, 0.1) is 4.90 Å². The average Bonchev–Trinajstić information content (AvgIpc) is 2.53. The summed E-state index contributed by atoms with van der Waals surface area (Å²) in [5.41, 5.74) is 0.900. The Labute approximate surface area is 129 Å². The second kappa shape index (κ2) is 5.79. The molecule has 0 radical (unpaired) electrons. The Bertz CT molecular complexity index is 906. The molecule has 0 saturated heterocycles. The summed E-state index contributed by atoms with van der Waals surface area (Å²) in [4.78, 5) is 0.210. The molecule has 0 fully saturated rings. The van der Waals surface area contributed by atoms with E-state index in [4.69, 9.17) is 0 Å². The molecule has 0 unspecified atom stereocenters. The molecule has 112 valence electrons. The van der Waals surface area contributed by atoms with Crippen molar-refractivity contribution in [3.63, 3.8) is 0 Å². The first-order valence-corrected chi connectivity index (χ1v) is 8.29. The number of aromatic hydroxyl groups is 1. The van der Waals surface area contributed by atoms with E-state index >= 15 is 0 Å². The van der Waals surface area contributed by atoms with Gasteiger partial charge in [-0.15, -0.1) is 0 Å². The molecule has 0 bridgehead atoms. The summed E-state index contributed by atoms with van der Waals surface area (Å²) in [7, 11) is -3.57. The highest BCUT2D eigenvalue weighted by atomic mass is 32.2. The van der Waals surface area contributed by atoms with E-state index in [0.717, 1.165) is 16.3 Å². The minimum Gasteiger partial charge on any atom is -0.508 e. The van der Waals surface area contributed by atoms with E-state index in [1.54, 1.807) is 24.3 Å². The highest BCUT2D eigenvalue weighted by molar-refractivity contribution is 7.89. The maximum Gasteiger partial charge on any atom is 0.240 e. The summed E-state index contributed by atoms with van der Waals surface area (Å²) >= 11 is 0. The maximum absolute atomic E-state index is 12.4. The topological polar surface area (TPSA) is 66.4 Å². The van der Waals surface area contributed by atoms with Crippen molar-refractivity contribution in [2.75, 3.05) is 0 Å². The monoisotopic (exact) mass is 313 g/mol. The zero-order valence-corrected chi connectivity index (χ0v) is 12.5. The normalized spacial score (nSPS) is 11.6. The van der Waals surface area contributed by atoms with E-state index in [1.807, 2.05) is 30.3 Å². The van der Waals surface area contributed by atoms with Gasteiger partial charge < -0.3 is 5.11 Å². The molecule has 0 aliphatic rings. The minimum absolute atomic E-state index is 0.158. The molecule has 0 aliphatic heterocycles. The van der Waals surface area contributed by atoms with Gasteiger partial charge in [0.15, 0.2) is 0 Å². The molecule has 0 heterocycles. The van der Waals surface area contributed by atoms with Crippen LogP contribution < -0.4 is 4.72 Å². The molecular weight excluding hydrogens is 298 g/mol. The van der Waals surface area contributed by atoms with Gasteiger partial charge >= 0.3 is 0 Å². The van der Waals surface area contributed by atoms with E-state index < -0.39 is 10.0 Å². The van der Waals surface area contributed by atoms with Gasteiger partial charge in [0.25, 0.3) is 0 Å². The van der Waals surface area contributed by atoms with Gasteiger partial charge in [0.2, 0.25) is 10.0 Å². The molecule has 0 spiro atoms. The molecule has 3 rings (SSSR count). The Hall–Kier alpha value is -2.37. The number of phenols is 1. The number of hydrogen-bond donors (Lipinski definition) is 2. The summed E-state index contributed by atoms with van der Waals surface area (Å²) < 4.78 is 27.3. The molecule has 0 amide bonds. The lowest BCUT2D eigenvalue weighted by Gasteiger charge is -2.08. The zero-order valence-electron chi connectivity index (χ0n) is 11.7. The number of benzene rings is 3. The lowest BCUT2D eigenvalue weighted by molar-refractivity contribution is 0.476. The first kappa shape index (κ1) is 14.6. The number of sulfonamides is 1. The summed E-state index contributed by atoms with van der Waals surface area (Å²) in [5, 5.41) is 11.0. The van der Waals surface area contributed by atoms with Crippen LogP contribution in [-0.4, -0.2) is 13.5 Å². The number of phenolic OH excluding ortho intramolecular Hbond substituents is 1. The van der Waals surface area contributed by atoms with Crippen molar-refractivity contribution < 1.29 is 13.5 Å². The fourth-order valence-electron chi connectivity index (χ4n) is 2.24. The molecule has 0 saturated carbocycles. The van der Waals surface area contributed by atoms with Crippen LogP contribution in [0.5, 0.6) is 5.75 Å². The third-order valence-corrected chi connectivity index (χ3v) is 4.81. The number of rotatable bonds is 4. The van der Waals surface area contributed by atoms with E-state index in [0.29, 0.717) is 0 Å².